The molecule has 154 valence electrons. The number of hydrogen-bond acceptors (Lipinski definition) is 4. The summed E-state index contributed by atoms with van der Waals surface area (Å²) in [5.74, 6) is 0.664. The molecule has 0 fully saturated rings. The van der Waals surface area contributed by atoms with Crippen LogP contribution in [-0.4, -0.2) is 22.9 Å². The first-order valence-corrected chi connectivity index (χ1v) is 10.3. The molecule has 1 heterocycles. The summed E-state index contributed by atoms with van der Waals surface area (Å²) in [4.78, 5) is 21.9. The fraction of sp³-hybridized carbons (Fsp3) is 0.0357. The third-order valence-corrected chi connectivity index (χ3v) is 5.52. The molecule has 4 aromatic carbocycles. The molecule has 0 aliphatic heterocycles. The van der Waals surface area contributed by atoms with Crippen molar-refractivity contribution >= 4 is 16.7 Å². The van der Waals surface area contributed by atoms with Crippen molar-refractivity contribution in [3.63, 3.8) is 0 Å². The zero-order valence-electron chi connectivity index (χ0n) is 17.5. The number of carbonyl (C=O) groups is 1. The molecule has 0 spiro atoms. The lowest BCUT2D eigenvalue weighted by atomic mass is 9.98. The first kappa shape index (κ1) is 19.6. The Kier molecular flexibility index (Phi) is 5.18. The van der Waals surface area contributed by atoms with Crippen molar-refractivity contribution in [1.29, 1.82) is 0 Å². The number of ether oxygens (including phenoxy) is 1. The summed E-state index contributed by atoms with van der Waals surface area (Å²) < 4.78 is 5.17. The summed E-state index contributed by atoms with van der Waals surface area (Å²) in [6.45, 7) is 0. The third-order valence-electron chi connectivity index (χ3n) is 5.52. The quantitative estimate of drug-likeness (QED) is 0.320. The molecule has 4 heteroatoms. The summed E-state index contributed by atoms with van der Waals surface area (Å²) in [7, 11) is 1.60. The lowest BCUT2D eigenvalue weighted by Crippen LogP contribution is -2.02. The zero-order valence-corrected chi connectivity index (χ0v) is 17.5. The van der Waals surface area contributed by atoms with Crippen molar-refractivity contribution in [3.05, 3.63) is 115 Å². The van der Waals surface area contributed by atoms with Crippen molar-refractivity contribution < 1.29 is 9.53 Å². The van der Waals surface area contributed by atoms with E-state index < -0.39 is 0 Å². The van der Waals surface area contributed by atoms with Gasteiger partial charge in [-0.15, -0.1) is 0 Å². The van der Waals surface area contributed by atoms with Gasteiger partial charge in [-0.05, 0) is 47.5 Å². The number of fused-ring (bicyclic) bond motifs is 1. The van der Waals surface area contributed by atoms with E-state index in [0.717, 1.165) is 33.5 Å². The second kappa shape index (κ2) is 8.44. The van der Waals surface area contributed by atoms with Gasteiger partial charge < -0.3 is 4.74 Å². The van der Waals surface area contributed by atoms with Crippen LogP contribution in [0.5, 0.6) is 5.75 Å². The van der Waals surface area contributed by atoms with Crippen LogP contribution < -0.4 is 4.74 Å². The highest BCUT2D eigenvalue weighted by atomic mass is 16.5. The van der Waals surface area contributed by atoms with Crippen molar-refractivity contribution in [2.75, 3.05) is 7.11 Å². The fourth-order valence-electron chi connectivity index (χ4n) is 3.79. The molecular formula is C28H20N2O2. The van der Waals surface area contributed by atoms with Crippen LogP contribution >= 0.6 is 0 Å². The number of aromatic nitrogens is 2. The Labute approximate surface area is 186 Å². The molecular weight excluding hydrogens is 396 g/mol. The lowest BCUT2D eigenvalue weighted by molar-refractivity contribution is 0.103. The Morgan fingerprint density at radius 1 is 0.688 bits per heavy atom. The predicted octanol–water partition coefficient (Wildman–Crippen LogP) is 6.20. The predicted molar refractivity (Wildman–Crippen MR) is 127 cm³/mol. The number of hydrogen-bond donors (Lipinski definition) is 0. The van der Waals surface area contributed by atoms with E-state index in [4.69, 9.17) is 4.74 Å². The minimum Gasteiger partial charge on any atom is -0.497 e. The van der Waals surface area contributed by atoms with Gasteiger partial charge in [-0.3, -0.25) is 4.79 Å². The van der Waals surface area contributed by atoms with Crippen LogP contribution in [0, 0.1) is 0 Å². The molecule has 1 aromatic heterocycles. The van der Waals surface area contributed by atoms with Crippen LogP contribution in [0.4, 0.5) is 0 Å². The van der Waals surface area contributed by atoms with Gasteiger partial charge in [0.1, 0.15) is 12.1 Å². The second-order valence-electron chi connectivity index (χ2n) is 7.46. The maximum atomic E-state index is 12.9. The molecule has 32 heavy (non-hydrogen) atoms. The standard InChI is InChI=1S/C28H20N2O2/c1-32-24-14-11-22(12-15-24)28(31)23-13-16-25-26(17-23)29-18-30-27(25)21-9-7-20(8-10-21)19-5-3-2-4-6-19/h2-18H,1H3. The van der Waals surface area contributed by atoms with E-state index in [1.165, 1.54) is 5.56 Å². The van der Waals surface area contributed by atoms with Crippen molar-refractivity contribution in [2.45, 2.75) is 0 Å². The minimum atomic E-state index is -0.0538. The topological polar surface area (TPSA) is 52.1 Å². The molecule has 0 bridgehead atoms. The highest BCUT2D eigenvalue weighted by Crippen LogP contribution is 2.29. The molecule has 0 radical (unpaired) electrons. The minimum absolute atomic E-state index is 0.0538. The summed E-state index contributed by atoms with van der Waals surface area (Å²) in [5.41, 5.74) is 6.11. The highest BCUT2D eigenvalue weighted by Gasteiger charge is 2.13. The Morgan fingerprint density at radius 2 is 1.34 bits per heavy atom. The molecule has 0 aliphatic carbocycles. The Hall–Kier alpha value is -4.31. The average Bonchev–Trinajstić information content (AvgIpc) is 2.88. The van der Waals surface area contributed by atoms with Gasteiger partial charge in [0.25, 0.3) is 0 Å². The van der Waals surface area contributed by atoms with E-state index in [2.05, 4.69) is 46.4 Å². The van der Waals surface area contributed by atoms with Gasteiger partial charge in [0.2, 0.25) is 0 Å². The molecule has 0 saturated carbocycles. The number of benzene rings is 4. The summed E-state index contributed by atoms with van der Waals surface area (Å²) in [6, 6.07) is 31.3. The van der Waals surface area contributed by atoms with Crippen molar-refractivity contribution in [2.24, 2.45) is 0 Å². The second-order valence-corrected chi connectivity index (χ2v) is 7.46. The molecule has 0 atom stereocenters. The summed E-state index contributed by atoms with van der Waals surface area (Å²) >= 11 is 0. The summed E-state index contributed by atoms with van der Waals surface area (Å²) in [6.07, 6.45) is 1.55. The Balaban J connectivity index is 1.48. The van der Waals surface area contributed by atoms with E-state index in [-0.39, 0.29) is 5.78 Å². The maximum Gasteiger partial charge on any atom is 0.193 e. The SMILES string of the molecule is COc1ccc(C(=O)c2ccc3c(-c4ccc(-c5ccccc5)cc4)ncnc3c2)cc1. The molecule has 0 saturated heterocycles. The van der Waals surface area contributed by atoms with Gasteiger partial charge in [-0.2, -0.15) is 0 Å². The van der Waals surface area contributed by atoms with Crippen molar-refractivity contribution in [1.82, 2.24) is 9.97 Å². The number of carbonyl (C=O) groups excluding carboxylic acids is 1. The van der Waals surface area contributed by atoms with Crippen LogP contribution in [0.3, 0.4) is 0 Å². The van der Waals surface area contributed by atoms with E-state index >= 15 is 0 Å². The van der Waals surface area contributed by atoms with Gasteiger partial charge in [-0.25, -0.2) is 9.97 Å². The molecule has 4 nitrogen and oxygen atoms in total. The molecule has 5 aromatic rings. The molecule has 0 amide bonds. The molecule has 0 unspecified atom stereocenters. The first-order valence-electron chi connectivity index (χ1n) is 10.3. The maximum absolute atomic E-state index is 12.9. The van der Waals surface area contributed by atoms with Gasteiger partial charge in [-0.1, -0.05) is 60.7 Å². The molecule has 0 N–H and O–H groups in total. The average molecular weight is 416 g/mol. The van der Waals surface area contributed by atoms with E-state index in [0.29, 0.717) is 11.1 Å². The zero-order chi connectivity index (χ0) is 21.9. The fourth-order valence-corrected chi connectivity index (χ4v) is 3.79. The number of ketones is 1. The van der Waals surface area contributed by atoms with Crippen LogP contribution in [0.15, 0.2) is 103 Å². The monoisotopic (exact) mass is 416 g/mol. The van der Waals surface area contributed by atoms with Crippen LogP contribution in [-0.2, 0) is 0 Å². The highest BCUT2D eigenvalue weighted by molar-refractivity contribution is 6.11. The first-order chi connectivity index (χ1) is 15.7. The Bertz CT molecular complexity index is 1390. The van der Waals surface area contributed by atoms with E-state index in [9.17, 15) is 4.79 Å². The Morgan fingerprint density at radius 3 is 2.06 bits per heavy atom. The van der Waals surface area contributed by atoms with E-state index in [1.54, 1.807) is 37.7 Å². The lowest BCUT2D eigenvalue weighted by Gasteiger charge is -2.09. The largest absolute Gasteiger partial charge is 0.497 e. The molecule has 0 aliphatic rings. The smallest absolute Gasteiger partial charge is 0.193 e. The van der Waals surface area contributed by atoms with Crippen molar-refractivity contribution in [3.8, 4) is 28.1 Å². The van der Waals surface area contributed by atoms with Crippen LogP contribution in [0.1, 0.15) is 15.9 Å². The van der Waals surface area contributed by atoms with Gasteiger partial charge >= 0.3 is 0 Å². The number of rotatable bonds is 5. The molecule has 5 rings (SSSR count). The van der Waals surface area contributed by atoms with Crippen LogP contribution in [0.25, 0.3) is 33.3 Å². The number of nitrogens with zero attached hydrogens (tertiary/aromatic N) is 2. The number of methoxy groups -OCH3 is 1. The summed E-state index contributed by atoms with van der Waals surface area (Å²) in [5, 5.41) is 0.909. The van der Waals surface area contributed by atoms with Gasteiger partial charge in [0.15, 0.2) is 5.78 Å². The van der Waals surface area contributed by atoms with E-state index in [1.807, 2.05) is 36.4 Å². The third kappa shape index (κ3) is 3.74. The normalized spacial score (nSPS) is 10.8. The van der Waals surface area contributed by atoms with Gasteiger partial charge in [0.05, 0.1) is 18.3 Å². The van der Waals surface area contributed by atoms with Crippen LogP contribution in [0.2, 0.25) is 0 Å². The van der Waals surface area contributed by atoms with Gasteiger partial charge in [0, 0.05) is 22.1 Å².